The third kappa shape index (κ3) is 2.37. The summed E-state index contributed by atoms with van der Waals surface area (Å²) in [5, 5.41) is 0. The van der Waals surface area contributed by atoms with E-state index in [0.29, 0.717) is 11.9 Å². The molecule has 1 unspecified atom stereocenters. The molecule has 0 spiro atoms. The number of anilines is 2. The number of rotatable bonds is 3. The predicted molar refractivity (Wildman–Crippen MR) is 64.1 cm³/mol. The van der Waals surface area contributed by atoms with E-state index in [-0.39, 0.29) is 0 Å². The van der Waals surface area contributed by atoms with Crippen molar-refractivity contribution >= 4 is 11.6 Å². The van der Waals surface area contributed by atoms with Gasteiger partial charge in [-0.25, -0.2) is 9.97 Å². The van der Waals surface area contributed by atoms with Gasteiger partial charge in [-0.15, -0.1) is 0 Å². The number of aromatic nitrogens is 2. The van der Waals surface area contributed by atoms with Crippen molar-refractivity contribution in [2.75, 3.05) is 17.7 Å². The highest BCUT2D eigenvalue weighted by Crippen LogP contribution is 2.22. The van der Waals surface area contributed by atoms with Gasteiger partial charge in [0.15, 0.2) is 0 Å². The standard InChI is InChI=1S/C11H20N4/c1-6-7(2)15(5)11-8(3)10(12)13-9(4)14-11/h7H,6H2,1-5H3,(H2,12,13,14). The van der Waals surface area contributed by atoms with Crippen LogP contribution in [0.4, 0.5) is 11.6 Å². The van der Waals surface area contributed by atoms with Crippen LogP contribution in [-0.2, 0) is 0 Å². The summed E-state index contributed by atoms with van der Waals surface area (Å²) in [4.78, 5) is 10.7. The molecule has 0 saturated carbocycles. The molecule has 1 heterocycles. The van der Waals surface area contributed by atoms with E-state index in [1.165, 1.54) is 0 Å². The largest absolute Gasteiger partial charge is 0.383 e. The first-order valence-electron chi connectivity index (χ1n) is 5.30. The Kier molecular flexibility index (Phi) is 3.50. The minimum absolute atomic E-state index is 0.456. The fourth-order valence-corrected chi connectivity index (χ4v) is 1.46. The minimum atomic E-state index is 0.456. The average Bonchev–Trinajstić information content (AvgIpc) is 2.21. The van der Waals surface area contributed by atoms with Crippen LogP contribution in [0.1, 0.15) is 31.7 Å². The van der Waals surface area contributed by atoms with Gasteiger partial charge < -0.3 is 10.6 Å². The van der Waals surface area contributed by atoms with Crippen LogP contribution >= 0.6 is 0 Å². The van der Waals surface area contributed by atoms with Crippen LogP contribution in [0, 0.1) is 13.8 Å². The molecule has 4 nitrogen and oxygen atoms in total. The van der Waals surface area contributed by atoms with Crippen molar-refractivity contribution in [2.45, 2.75) is 40.2 Å². The Morgan fingerprint density at radius 1 is 1.33 bits per heavy atom. The zero-order valence-electron chi connectivity index (χ0n) is 10.2. The number of aryl methyl sites for hydroxylation is 1. The smallest absolute Gasteiger partial charge is 0.137 e. The summed E-state index contributed by atoms with van der Waals surface area (Å²) in [6, 6.07) is 0.456. The number of hydrogen-bond donors (Lipinski definition) is 1. The van der Waals surface area contributed by atoms with Gasteiger partial charge in [-0.2, -0.15) is 0 Å². The molecule has 0 fully saturated rings. The second-order valence-electron chi connectivity index (χ2n) is 3.97. The molecule has 1 atom stereocenters. The van der Waals surface area contributed by atoms with E-state index < -0.39 is 0 Å². The number of nitrogens with zero attached hydrogens (tertiary/aromatic N) is 3. The Morgan fingerprint density at radius 2 is 1.93 bits per heavy atom. The molecular formula is C11H20N4. The third-order valence-electron chi connectivity index (χ3n) is 2.86. The van der Waals surface area contributed by atoms with Crippen LogP contribution in [0.3, 0.4) is 0 Å². The van der Waals surface area contributed by atoms with Gasteiger partial charge in [0.25, 0.3) is 0 Å². The van der Waals surface area contributed by atoms with Crippen molar-refractivity contribution in [1.29, 1.82) is 0 Å². The van der Waals surface area contributed by atoms with Crippen molar-refractivity contribution in [3.05, 3.63) is 11.4 Å². The first-order chi connectivity index (χ1) is 6.97. The summed E-state index contributed by atoms with van der Waals surface area (Å²) in [5.41, 5.74) is 6.78. The van der Waals surface area contributed by atoms with Crippen LogP contribution in [0.25, 0.3) is 0 Å². The van der Waals surface area contributed by atoms with Gasteiger partial charge in [0.2, 0.25) is 0 Å². The highest BCUT2D eigenvalue weighted by Gasteiger charge is 2.14. The molecule has 0 aliphatic rings. The topological polar surface area (TPSA) is 55.0 Å². The van der Waals surface area contributed by atoms with E-state index in [9.17, 15) is 0 Å². The summed E-state index contributed by atoms with van der Waals surface area (Å²) < 4.78 is 0. The monoisotopic (exact) mass is 208 g/mol. The maximum Gasteiger partial charge on any atom is 0.137 e. The number of hydrogen-bond acceptors (Lipinski definition) is 4. The Morgan fingerprint density at radius 3 is 2.47 bits per heavy atom. The van der Waals surface area contributed by atoms with Crippen molar-refractivity contribution in [2.24, 2.45) is 0 Å². The normalized spacial score (nSPS) is 12.6. The molecule has 0 aliphatic carbocycles. The molecule has 0 saturated heterocycles. The Bertz CT molecular complexity index is 349. The van der Waals surface area contributed by atoms with E-state index in [0.717, 1.165) is 23.6 Å². The third-order valence-corrected chi connectivity index (χ3v) is 2.86. The Labute approximate surface area is 91.5 Å². The first-order valence-corrected chi connectivity index (χ1v) is 5.30. The molecule has 0 aromatic carbocycles. The van der Waals surface area contributed by atoms with Crippen LogP contribution in [-0.4, -0.2) is 23.1 Å². The zero-order chi connectivity index (χ0) is 11.6. The lowest BCUT2D eigenvalue weighted by molar-refractivity contribution is 0.653. The van der Waals surface area contributed by atoms with E-state index in [4.69, 9.17) is 5.73 Å². The van der Waals surface area contributed by atoms with Gasteiger partial charge in [0, 0.05) is 18.7 Å². The van der Waals surface area contributed by atoms with E-state index in [2.05, 4.69) is 28.7 Å². The maximum atomic E-state index is 5.82. The summed E-state index contributed by atoms with van der Waals surface area (Å²) in [7, 11) is 2.04. The molecule has 2 N–H and O–H groups in total. The van der Waals surface area contributed by atoms with Gasteiger partial charge in [-0.1, -0.05) is 6.92 Å². The molecule has 0 radical (unpaired) electrons. The molecule has 0 amide bonds. The van der Waals surface area contributed by atoms with Crippen LogP contribution < -0.4 is 10.6 Å². The lowest BCUT2D eigenvalue weighted by Crippen LogP contribution is -2.30. The van der Waals surface area contributed by atoms with Crippen molar-refractivity contribution in [3.8, 4) is 0 Å². The fourth-order valence-electron chi connectivity index (χ4n) is 1.46. The minimum Gasteiger partial charge on any atom is -0.383 e. The van der Waals surface area contributed by atoms with Crippen molar-refractivity contribution < 1.29 is 0 Å². The van der Waals surface area contributed by atoms with Crippen LogP contribution in [0.2, 0.25) is 0 Å². The molecule has 0 aliphatic heterocycles. The van der Waals surface area contributed by atoms with Crippen LogP contribution in [0.5, 0.6) is 0 Å². The molecule has 1 aromatic heterocycles. The lowest BCUT2D eigenvalue weighted by Gasteiger charge is -2.26. The van der Waals surface area contributed by atoms with Gasteiger partial charge in [-0.05, 0) is 27.2 Å². The maximum absolute atomic E-state index is 5.82. The van der Waals surface area contributed by atoms with Gasteiger partial charge in [-0.3, -0.25) is 0 Å². The van der Waals surface area contributed by atoms with Crippen molar-refractivity contribution in [1.82, 2.24) is 9.97 Å². The van der Waals surface area contributed by atoms with Gasteiger partial charge in [0.05, 0.1) is 0 Å². The lowest BCUT2D eigenvalue weighted by atomic mass is 10.2. The predicted octanol–water partition coefficient (Wildman–Crippen LogP) is 1.91. The Balaban J connectivity index is 3.13. The SMILES string of the molecule is CCC(C)N(C)c1nc(C)nc(N)c1C. The van der Waals surface area contributed by atoms with Crippen LogP contribution in [0.15, 0.2) is 0 Å². The summed E-state index contributed by atoms with van der Waals surface area (Å²) in [6.45, 7) is 8.16. The number of nitrogens with two attached hydrogens (primary N) is 1. The van der Waals surface area contributed by atoms with Crippen molar-refractivity contribution in [3.63, 3.8) is 0 Å². The summed E-state index contributed by atoms with van der Waals surface area (Å²) in [5.74, 6) is 2.24. The van der Waals surface area contributed by atoms with E-state index in [1.54, 1.807) is 0 Å². The van der Waals surface area contributed by atoms with Gasteiger partial charge >= 0.3 is 0 Å². The fraction of sp³-hybridized carbons (Fsp3) is 0.636. The second-order valence-corrected chi connectivity index (χ2v) is 3.97. The first kappa shape index (κ1) is 11.8. The second kappa shape index (κ2) is 4.47. The zero-order valence-corrected chi connectivity index (χ0v) is 10.2. The molecule has 1 aromatic rings. The molecular weight excluding hydrogens is 188 g/mol. The molecule has 1 rings (SSSR count). The highest BCUT2D eigenvalue weighted by molar-refractivity contribution is 5.56. The highest BCUT2D eigenvalue weighted by atomic mass is 15.2. The van der Waals surface area contributed by atoms with E-state index in [1.807, 2.05) is 20.9 Å². The number of nitrogen functional groups attached to an aromatic ring is 1. The quantitative estimate of drug-likeness (QED) is 0.824. The summed E-state index contributed by atoms with van der Waals surface area (Å²) in [6.07, 6.45) is 1.08. The average molecular weight is 208 g/mol. The molecule has 4 heteroatoms. The van der Waals surface area contributed by atoms with E-state index >= 15 is 0 Å². The Hall–Kier alpha value is -1.32. The molecule has 15 heavy (non-hydrogen) atoms. The molecule has 84 valence electrons. The molecule has 0 bridgehead atoms. The summed E-state index contributed by atoms with van der Waals surface area (Å²) >= 11 is 0. The van der Waals surface area contributed by atoms with Gasteiger partial charge in [0.1, 0.15) is 17.5 Å².